The maximum absolute atomic E-state index is 12.9. The largest absolute Gasteiger partial charge is 0.462 e. The van der Waals surface area contributed by atoms with Crippen molar-refractivity contribution >= 4 is 39.2 Å². The molecule has 1 saturated heterocycles. The maximum Gasteiger partial charge on any atom is 0.340 e. The number of fused-ring (bicyclic) bond motifs is 1. The van der Waals surface area contributed by atoms with E-state index in [1.165, 1.54) is 19.2 Å². The molecule has 0 saturated carbocycles. The van der Waals surface area contributed by atoms with Crippen molar-refractivity contribution in [1.82, 2.24) is 19.5 Å². The van der Waals surface area contributed by atoms with Crippen LogP contribution in [0.5, 0.6) is 0 Å². The van der Waals surface area contributed by atoms with Gasteiger partial charge in [0, 0.05) is 48.8 Å². The molecule has 11 heteroatoms. The van der Waals surface area contributed by atoms with E-state index < -0.39 is 16.0 Å². The maximum atomic E-state index is 12.9. The van der Waals surface area contributed by atoms with Crippen LogP contribution in [0.1, 0.15) is 46.2 Å². The first-order valence-electron chi connectivity index (χ1n) is 12.5. The Labute approximate surface area is 218 Å². The SMILES string of the molecule is CCOC(=O)c1c(C)[nH]c(C=C2C(=O)Nc3ccc(S(=O)(=O)NC)cc32)c1CCCN1CCN(C)CC1. The number of H-pyrrole nitrogens is 1. The van der Waals surface area contributed by atoms with E-state index in [-0.39, 0.29) is 17.4 Å². The van der Waals surface area contributed by atoms with Crippen LogP contribution in [0.15, 0.2) is 23.1 Å². The highest BCUT2D eigenvalue weighted by Gasteiger charge is 2.28. The number of carbonyl (C=O) groups is 2. The van der Waals surface area contributed by atoms with Crippen molar-refractivity contribution in [3.63, 3.8) is 0 Å². The van der Waals surface area contributed by atoms with Crippen molar-refractivity contribution in [3.8, 4) is 0 Å². The van der Waals surface area contributed by atoms with Gasteiger partial charge in [-0.15, -0.1) is 0 Å². The molecular formula is C26H35N5O5S. The fraction of sp³-hybridized carbons (Fsp3) is 0.462. The molecule has 1 amide bonds. The Hall–Kier alpha value is -2.99. The van der Waals surface area contributed by atoms with Crippen molar-refractivity contribution in [2.45, 2.75) is 31.6 Å². The summed E-state index contributed by atoms with van der Waals surface area (Å²) < 4.78 is 32.3. The van der Waals surface area contributed by atoms with Gasteiger partial charge < -0.3 is 24.8 Å². The van der Waals surface area contributed by atoms with E-state index in [0.717, 1.165) is 44.7 Å². The van der Waals surface area contributed by atoms with Crippen LogP contribution in [0.4, 0.5) is 5.69 Å². The lowest BCUT2D eigenvalue weighted by Gasteiger charge is -2.32. The molecule has 37 heavy (non-hydrogen) atoms. The number of aromatic amines is 1. The summed E-state index contributed by atoms with van der Waals surface area (Å²) >= 11 is 0. The Kier molecular flexibility index (Phi) is 8.17. The van der Waals surface area contributed by atoms with E-state index >= 15 is 0 Å². The predicted octanol–water partition coefficient (Wildman–Crippen LogP) is 2.08. The molecule has 1 aromatic carbocycles. The molecule has 0 aliphatic carbocycles. The third kappa shape index (κ3) is 5.80. The smallest absolute Gasteiger partial charge is 0.340 e. The molecule has 0 spiro atoms. The third-order valence-corrected chi connectivity index (χ3v) is 8.35. The highest BCUT2D eigenvalue weighted by Crippen LogP contribution is 2.36. The number of hydrogen-bond donors (Lipinski definition) is 3. The summed E-state index contributed by atoms with van der Waals surface area (Å²) in [5, 5.41) is 2.80. The van der Waals surface area contributed by atoms with Gasteiger partial charge >= 0.3 is 5.97 Å². The molecule has 1 fully saturated rings. The molecule has 0 unspecified atom stereocenters. The number of aryl methyl sites for hydroxylation is 1. The lowest BCUT2D eigenvalue weighted by molar-refractivity contribution is -0.110. The number of benzene rings is 1. The summed E-state index contributed by atoms with van der Waals surface area (Å²) in [7, 11) is -0.213. The number of ether oxygens (including phenoxy) is 1. The second-order valence-electron chi connectivity index (χ2n) is 9.41. The zero-order chi connectivity index (χ0) is 26.7. The number of nitrogens with one attached hydrogen (secondary N) is 3. The Morgan fingerprint density at radius 3 is 2.62 bits per heavy atom. The van der Waals surface area contributed by atoms with Crippen molar-refractivity contribution in [3.05, 3.63) is 46.3 Å². The first kappa shape index (κ1) is 27.1. The summed E-state index contributed by atoms with van der Waals surface area (Å²) in [6.45, 7) is 8.86. The number of anilines is 1. The summed E-state index contributed by atoms with van der Waals surface area (Å²) in [6.07, 6.45) is 3.18. The van der Waals surface area contributed by atoms with Crippen LogP contribution in [0.3, 0.4) is 0 Å². The summed E-state index contributed by atoms with van der Waals surface area (Å²) in [5.41, 5.74) is 3.99. The van der Waals surface area contributed by atoms with Gasteiger partial charge in [0.15, 0.2) is 0 Å². The molecule has 0 atom stereocenters. The van der Waals surface area contributed by atoms with Gasteiger partial charge in [0.25, 0.3) is 5.91 Å². The van der Waals surface area contributed by atoms with E-state index in [1.807, 2.05) is 6.92 Å². The van der Waals surface area contributed by atoms with E-state index in [4.69, 9.17) is 4.74 Å². The molecule has 3 heterocycles. The van der Waals surface area contributed by atoms with Crippen molar-refractivity contribution in [2.24, 2.45) is 0 Å². The van der Waals surface area contributed by atoms with Gasteiger partial charge in [-0.1, -0.05) is 0 Å². The molecule has 2 aromatic rings. The Bertz CT molecular complexity index is 1320. The second-order valence-corrected chi connectivity index (χ2v) is 11.3. The average Bonchev–Trinajstić information content (AvgIpc) is 3.35. The summed E-state index contributed by atoms with van der Waals surface area (Å²) in [6, 6.07) is 4.52. The van der Waals surface area contributed by atoms with Crippen molar-refractivity contribution in [1.29, 1.82) is 0 Å². The number of esters is 1. The van der Waals surface area contributed by atoms with Crippen LogP contribution >= 0.6 is 0 Å². The molecule has 10 nitrogen and oxygen atoms in total. The second kappa shape index (κ2) is 11.2. The van der Waals surface area contributed by atoms with Crippen LogP contribution < -0.4 is 10.0 Å². The standard InChI is InChI=1S/C26H35N5O5S/c1-5-36-26(33)24-17(2)28-23(19(24)7-6-10-31-13-11-30(4)12-14-31)16-21-20-15-18(37(34,35)27-3)8-9-22(20)29-25(21)32/h8-9,15-16,27-28H,5-7,10-14H2,1-4H3,(H,29,32). The minimum absolute atomic E-state index is 0.0680. The van der Waals surface area contributed by atoms with E-state index in [1.54, 1.807) is 19.1 Å². The molecule has 4 rings (SSSR count). The van der Waals surface area contributed by atoms with Crippen molar-refractivity contribution in [2.75, 3.05) is 58.7 Å². The molecule has 0 radical (unpaired) electrons. The highest BCUT2D eigenvalue weighted by atomic mass is 32.2. The summed E-state index contributed by atoms with van der Waals surface area (Å²) in [4.78, 5) is 33.8. The van der Waals surface area contributed by atoms with Gasteiger partial charge in [0.2, 0.25) is 10.0 Å². The Balaban J connectivity index is 1.68. The highest BCUT2D eigenvalue weighted by molar-refractivity contribution is 7.89. The molecule has 0 bridgehead atoms. The van der Waals surface area contributed by atoms with E-state index in [2.05, 4.69) is 31.9 Å². The number of piperazine rings is 1. The lowest BCUT2D eigenvalue weighted by atomic mass is 10.00. The number of nitrogens with zero attached hydrogens (tertiary/aromatic N) is 2. The Morgan fingerprint density at radius 2 is 1.95 bits per heavy atom. The van der Waals surface area contributed by atoms with Crippen LogP contribution in [-0.2, 0) is 26.0 Å². The molecular weight excluding hydrogens is 494 g/mol. The molecule has 2 aliphatic heterocycles. The number of likely N-dealkylation sites (N-methyl/N-ethyl adjacent to an activating group) is 1. The normalized spacial score (nSPS) is 17.7. The molecule has 3 N–H and O–H groups in total. The molecule has 1 aromatic heterocycles. The van der Waals surface area contributed by atoms with Gasteiger partial charge in [0.1, 0.15) is 0 Å². The van der Waals surface area contributed by atoms with Crippen LogP contribution in [0.2, 0.25) is 0 Å². The number of amides is 1. The average molecular weight is 530 g/mol. The Morgan fingerprint density at radius 1 is 1.22 bits per heavy atom. The van der Waals surface area contributed by atoms with Gasteiger partial charge in [0.05, 0.1) is 22.6 Å². The topological polar surface area (TPSA) is 124 Å². The van der Waals surface area contributed by atoms with E-state index in [0.29, 0.717) is 40.2 Å². The van der Waals surface area contributed by atoms with Gasteiger partial charge in [-0.3, -0.25) is 4.79 Å². The van der Waals surface area contributed by atoms with Crippen LogP contribution in [0.25, 0.3) is 11.6 Å². The fourth-order valence-corrected chi connectivity index (χ4v) is 5.61. The third-order valence-electron chi connectivity index (χ3n) is 6.94. The lowest BCUT2D eigenvalue weighted by Crippen LogP contribution is -2.44. The van der Waals surface area contributed by atoms with Gasteiger partial charge in [-0.25, -0.2) is 17.9 Å². The van der Waals surface area contributed by atoms with Crippen LogP contribution in [-0.4, -0.2) is 88.5 Å². The minimum atomic E-state index is -3.68. The van der Waals surface area contributed by atoms with Crippen LogP contribution in [0, 0.1) is 6.92 Å². The fourth-order valence-electron chi connectivity index (χ4n) is 4.85. The van der Waals surface area contributed by atoms with Gasteiger partial charge in [-0.2, -0.15) is 0 Å². The van der Waals surface area contributed by atoms with Gasteiger partial charge in [-0.05, 0) is 77.2 Å². The zero-order valence-electron chi connectivity index (χ0n) is 21.8. The number of rotatable bonds is 9. The summed E-state index contributed by atoms with van der Waals surface area (Å²) in [5.74, 6) is -0.725. The predicted molar refractivity (Wildman–Crippen MR) is 143 cm³/mol. The quantitative estimate of drug-likeness (QED) is 0.336. The number of hydrogen-bond acceptors (Lipinski definition) is 7. The first-order valence-corrected chi connectivity index (χ1v) is 14.0. The number of sulfonamides is 1. The van der Waals surface area contributed by atoms with Crippen molar-refractivity contribution < 1.29 is 22.7 Å². The minimum Gasteiger partial charge on any atom is -0.462 e. The monoisotopic (exact) mass is 529 g/mol. The number of aromatic nitrogens is 1. The molecule has 200 valence electrons. The molecule has 2 aliphatic rings. The number of carbonyl (C=O) groups excluding carboxylic acids is 2. The van der Waals surface area contributed by atoms with E-state index in [9.17, 15) is 18.0 Å². The zero-order valence-corrected chi connectivity index (χ0v) is 22.6. The first-order chi connectivity index (χ1) is 17.6.